The number of pyridine rings is 1. The van der Waals surface area contributed by atoms with Crippen molar-refractivity contribution < 1.29 is 4.79 Å². The van der Waals surface area contributed by atoms with Gasteiger partial charge in [0.1, 0.15) is 0 Å². The molecule has 6 heteroatoms. The number of piperazine rings is 1. The van der Waals surface area contributed by atoms with Crippen LogP contribution in [0.25, 0.3) is 0 Å². The third-order valence-corrected chi connectivity index (χ3v) is 4.96. The Bertz CT molecular complexity index is 725. The predicted molar refractivity (Wildman–Crippen MR) is 111 cm³/mol. The standard InChI is InChI=1S/C21H28N4O.ClH/c1-16-6-3-4-7-18(16)12-17(2)24-21(26)15-25-11-10-23-14-20(25)19-8-5-9-22-13-19;/h3-9,13,17,20,23H,10-12,14-15H2,1-2H3,(H,24,26);1H. The normalized spacial score (nSPS) is 18.4. The molecule has 3 rings (SSSR count). The molecule has 1 aliphatic heterocycles. The molecule has 0 saturated carbocycles. The van der Waals surface area contributed by atoms with Crippen molar-refractivity contribution in [2.75, 3.05) is 26.2 Å². The SMILES string of the molecule is Cc1ccccc1CC(C)NC(=O)CN1CCNCC1c1cccnc1.Cl. The fourth-order valence-electron chi connectivity index (χ4n) is 3.56. The molecule has 2 aromatic rings. The van der Waals surface area contributed by atoms with Crippen LogP contribution in [0.1, 0.15) is 29.7 Å². The number of halogens is 1. The molecule has 1 aliphatic rings. The van der Waals surface area contributed by atoms with E-state index in [1.165, 1.54) is 11.1 Å². The van der Waals surface area contributed by atoms with Gasteiger partial charge in [-0.05, 0) is 43.0 Å². The van der Waals surface area contributed by atoms with Crippen LogP contribution < -0.4 is 10.6 Å². The Kier molecular flexibility index (Phi) is 8.23. The van der Waals surface area contributed by atoms with E-state index in [0.29, 0.717) is 6.54 Å². The molecule has 2 N–H and O–H groups in total. The number of nitrogens with zero attached hydrogens (tertiary/aromatic N) is 2. The van der Waals surface area contributed by atoms with Gasteiger partial charge in [-0.1, -0.05) is 30.3 Å². The Morgan fingerprint density at radius 3 is 2.89 bits per heavy atom. The lowest BCUT2D eigenvalue weighted by Crippen LogP contribution is -2.50. The van der Waals surface area contributed by atoms with Gasteiger partial charge in [0.05, 0.1) is 6.54 Å². The number of nitrogens with one attached hydrogen (secondary N) is 2. The number of rotatable bonds is 6. The second-order valence-corrected chi connectivity index (χ2v) is 7.08. The molecule has 0 aliphatic carbocycles. The number of hydrogen-bond donors (Lipinski definition) is 2. The molecule has 0 spiro atoms. The minimum atomic E-state index is 0. The Morgan fingerprint density at radius 1 is 1.33 bits per heavy atom. The second kappa shape index (κ2) is 10.4. The molecule has 146 valence electrons. The number of aromatic nitrogens is 1. The van der Waals surface area contributed by atoms with Gasteiger partial charge in [-0.3, -0.25) is 14.7 Å². The smallest absolute Gasteiger partial charge is 0.234 e. The molecular formula is C21H29ClN4O. The Labute approximate surface area is 168 Å². The van der Waals surface area contributed by atoms with Gasteiger partial charge in [-0.15, -0.1) is 12.4 Å². The van der Waals surface area contributed by atoms with Crippen LogP contribution >= 0.6 is 12.4 Å². The van der Waals surface area contributed by atoms with E-state index in [1.54, 1.807) is 6.20 Å². The average molecular weight is 389 g/mol. The van der Waals surface area contributed by atoms with Gasteiger partial charge < -0.3 is 10.6 Å². The largest absolute Gasteiger partial charge is 0.352 e. The number of benzene rings is 1. The van der Waals surface area contributed by atoms with E-state index in [-0.39, 0.29) is 30.4 Å². The number of carbonyl (C=O) groups excluding carboxylic acids is 1. The van der Waals surface area contributed by atoms with E-state index < -0.39 is 0 Å². The number of aryl methyl sites for hydroxylation is 1. The first kappa shape index (κ1) is 21.4. The van der Waals surface area contributed by atoms with Crippen molar-refractivity contribution in [3.63, 3.8) is 0 Å². The minimum Gasteiger partial charge on any atom is -0.352 e. The summed E-state index contributed by atoms with van der Waals surface area (Å²) in [6.45, 7) is 7.21. The summed E-state index contributed by atoms with van der Waals surface area (Å²) in [5.41, 5.74) is 3.71. The van der Waals surface area contributed by atoms with E-state index in [0.717, 1.165) is 31.6 Å². The molecule has 2 heterocycles. The quantitative estimate of drug-likeness (QED) is 0.798. The lowest BCUT2D eigenvalue weighted by Gasteiger charge is -2.36. The second-order valence-electron chi connectivity index (χ2n) is 7.08. The van der Waals surface area contributed by atoms with E-state index >= 15 is 0 Å². The molecule has 27 heavy (non-hydrogen) atoms. The van der Waals surface area contributed by atoms with Crippen molar-refractivity contribution in [3.8, 4) is 0 Å². The maximum absolute atomic E-state index is 12.6. The maximum atomic E-state index is 12.6. The van der Waals surface area contributed by atoms with Crippen molar-refractivity contribution in [3.05, 3.63) is 65.5 Å². The molecule has 1 amide bonds. The maximum Gasteiger partial charge on any atom is 0.234 e. The van der Waals surface area contributed by atoms with Crippen molar-refractivity contribution in [1.82, 2.24) is 20.5 Å². The van der Waals surface area contributed by atoms with Crippen LogP contribution in [0.4, 0.5) is 0 Å². The Morgan fingerprint density at radius 2 is 2.15 bits per heavy atom. The zero-order valence-corrected chi connectivity index (χ0v) is 16.8. The summed E-state index contributed by atoms with van der Waals surface area (Å²) in [6, 6.07) is 12.7. The highest BCUT2D eigenvalue weighted by Crippen LogP contribution is 2.20. The average Bonchev–Trinajstić information content (AvgIpc) is 2.64. The van der Waals surface area contributed by atoms with Crippen LogP contribution in [-0.2, 0) is 11.2 Å². The fourth-order valence-corrected chi connectivity index (χ4v) is 3.56. The highest BCUT2D eigenvalue weighted by molar-refractivity contribution is 5.85. The summed E-state index contributed by atoms with van der Waals surface area (Å²) in [5, 5.41) is 6.57. The molecule has 5 nitrogen and oxygen atoms in total. The third kappa shape index (κ3) is 6.03. The van der Waals surface area contributed by atoms with Crippen molar-refractivity contribution in [1.29, 1.82) is 0 Å². The van der Waals surface area contributed by atoms with Crippen LogP contribution in [0.3, 0.4) is 0 Å². The molecule has 2 unspecified atom stereocenters. The highest BCUT2D eigenvalue weighted by Gasteiger charge is 2.26. The first-order chi connectivity index (χ1) is 12.6. The van der Waals surface area contributed by atoms with Crippen LogP contribution in [-0.4, -0.2) is 48.0 Å². The van der Waals surface area contributed by atoms with Crippen LogP contribution in [0, 0.1) is 6.92 Å². The lowest BCUT2D eigenvalue weighted by molar-refractivity contribution is -0.123. The van der Waals surface area contributed by atoms with Gasteiger partial charge in [-0.2, -0.15) is 0 Å². The molecule has 1 aromatic heterocycles. The zero-order chi connectivity index (χ0) is 18.4. The number of amides is 1. The van der Waals surface area contributed by atoms with Gasteiger partial charge in [0.15, 0.2) is 0 Å². The first-order valence-electron chi connectivity index (χ1n) is 9.32. The monoisotopic (exact) mass is 388 g/mol. The van der Waals surface area contributed by atoms with Crippen molar-refractivity contribution >= 4 is 18.3 Å². The first-order valence-corrected chi connectivity index (χ1v) is 9.32. The highest BCUT2D eigenvalue weighted by atomic mass is 35.5. The molecule has 1 fully saturated rings. The van der Waals surface area contributed by atoms with E-state index in [2.05, 4.69) is 58.6 Å². The lowest BCUT2D eigenvalue weighted by atomic mass is 10.0. The summed E-state index contributed by atoms with van der Waals surface area (Å²) in [4.78, 5) is 19.0. The number of carbonyl (C=O) groups is 1. The van der Waals surface area contributed by atoms with Crippen LogP contribution in [0.15, 0.2) is 48.8 Å². The van der Waals surface area contributed by atoms with Gasteiger partial charge in [-0.25, -0.2) is 0 Å². The summed E-state index contributed by atoms with van der Waals surface area (Å²) in [5.74, 6) is 0.0851. The van der Waals surface area contributed by atoms with Gasteiger partial charge >= 0.3 is 0 Å². The van der Waals surface area contributed by atoms with Gasteiger partial charge in [0.25, 0.3) is 0 Å². The summed E-state index contributed by atoms with van der Waals surface area (Å²) in [7, 11) is 0. The van der Waals surface area contributed by atoms with Crippen molar-refractivity contribution in [2.45, 2.75) is 32.4 Å². The van der Waals surface area contributed by atoms with E-state index in [1.807, 2.05) is 18.3 Å². The number of hydrogen-bond acceptors (Lipinski definition) is 4. The van der Waals surface area contributed by atoms with Gasteiger partial charge in [0, 0.05) is 44.1 Å². The fraction of sp³-hybridized carbons (Fsp3) is 0.429. The summed E-state index contributed by atoms with van der Waals surface area (Å²) in [6.07, 6.45) is 4.53. The predicted octanol–water partition coefficient (Wildman–Crippen LogP) is 2.51. The topological polar surface area (TPSA) is 57.3 Å². The summed E-state index contributed by atoms with van der Waals surface area (Å²) < 4.78 is 0. The molecular weight excluding hydrogens is 360 g/mol. The Hall–Kier alpha value is -1.95. The van der Waals surface area contributed by atoms with E-state index in [4.69, 9.17) is 0 Å². The van der Waals surface area contributed by atoms with Crippen LogP contribution in [0.2, 0.25) is 0 Å². The van der Waals surface area contributed by atoms with Gasteiger partial charge in [0.2, 0.25) is 5.91 Å². The molecule has 0 bridgehead atoms. The third-order valence-electron chi connectivity index (χ3n) is 4.96. The molecule has 0 radical (unpaired) electrons. The van der Waals surface area contributed by atoms with Crippen molar-refractivity contribution in [2.24, 2.45) is 0 Å². The van der Waals surface area contributed by atoms with E-state index in [9.17, 15) is 4.79 Å². The molecule has 1 saturated heterocycles. The zero-order valence-electron chi connectivity index (χ0n) is 16.0. The van der Waals surface area contributed by atoms with Crippen LogP contribution in [0.5, 0.6) is 0 Å². The summed E-state index contributed by atoms with van der Waals surface area (Å²) >= 11 is 0. The molecule has 1 aromatic carbocycles. The Balaban J connectivity index is 0.00000261. The molecule has 2 atom stereocenters. The minimum absolute atomic E-state index is 0.